The van der Waals surface area contributed by atoms with Crippen LogP contribution in [0.2, 0.25) is 0 Å². The molecule has 0 aliphatic carbocycles. The third kappa shape index (κ3) is 4.32. The quantitative estimate of drug-likeness (QED) is 0.861. The van der Waals surface area contributed by atoms with Crippen molar-refractivity contribution in [3.8, 4) is 0 Å². The number of hydrogen-bond acceptors (Lipinski definition) is 3. The Morgan fingerprint density at radius 3 is 2.43 bits per heavy atom. The molecule has 0 heterocycles. The van der Waals surface area contributed by atoms with Crippen LogP contribution in [-0.2, 0) is 4.79 Å². The highest BCUT2D eigenvalue weighted by atomic mass is 16.2. The largest absolute Gasteiger partial charge is 0.376 e. The molecule has 23 heavy (non-hydrogen) atoms. The van der Waals surface area contributed by atoms with Gasteiger partial charge in [0.15, 0.2) is 0 Å². The molecular weight excluding hydrogens is 290 g/mol. The standard InChI is InChI=1S/C18H21N3O2/c1-3-21(16-10-5-4-6-11-16)18(23)14-8-7-9-15(12-14)20-13-17(22)19-2/h4-12,20H,3,13H2,1-2H3,(H,19,22). The Bertz CT molecular complexity index is 671. The average molecular weight is 311 g/mol. The van der Waals surface area contributed by atoms with Crippen molar-refractivity contribution in [2.75, 3.05) is 30.4 Å². The summed E-state index contributed by atoms with van der Waals surface area (Å²) < 4.78 is 0. The van der Waals surface area contributed by atoms with Gasteiger partial charge in [0.05, 0.1) is 6.54 Å². The maximum absolute atomic E-state index is 12.7. The number of rotatable bonds is 6. The van der Waals surface area contributed by atoms with Gasteiger partial charge in [0.1, 0.15) is 0 Å². The third-order valence-corrected chi connectivity index (χ3v) is 3.47. The minimum atomic E-state index is -0.110. The summed E-state index contributed by atoms with van der Waals surface area (Å²) in [6, 6.07) is 16.7. The number of hydrogen-bond donors (Lipinski definition) is 2. The SMILES string of the molecule is CCN(C(=O)c1cccc(NCC(=O)NC)c1)c1ccccc1. The molecule has 2 rings (SSSR count). The van der Waals surface area contributed by atoms with Gasteiger partial charge in [0, 0.05) is 30.5 Å². The van der Waals surface area contributed by atoms with Gasteiger partial charge in [-0.3, -0.25) is 9.59 Å². The molecule has 5 heteroatoms. The van der Waals surface area contributed by atoms with Crippen molar-refractivity contribution in [1.29, 1.82) is 0 Å². The first kappa shape index (κ1) is 16.5. The fraction of sp³-hybridized carbons (Fsp3) is 0.222. The zero-order valence-corrected chi connectivity index (χ0v) is 13.4. The fourth-order valence-corrected chi connectivity index (χ4v) is 2.24. The van der Waals surface area contributed by atoms with Gasteiger partial charge in [0.25, 0.3) is 5.91 Å². The predicted molar refractivity (Wildman–Crippen MR) is 92.8 cm³/mol. The van der Waals surface area contributed by atoms with E-state index in [1.807, 2.05) is 43.3 Å². The molecule has 2 amide bonds. The lowest BCUT2D eigenvalue weighted by atomic mass is 10.1. The van der Waals surface area contributed by atoms with Gasteiger partial charge in [0.2, 0.25) is 5.91 Å². The van der Waals surface area contributed by atoms with Crippen molar-refractivity contribution < 1.29 is 9.59 Å². The molecule has 120 valence electrons. The van der Waals surface area contributed by atoms with E-state index in [0.717, 1.165) is 11.4 Å². The van der Waals surface area contributed by atoms with Crippen molar-refractivity contribution in [2.24, 2.45) is 0 Å². The summed E-state index contributed by atoms with van der Waals surface area (Å²) in [6.45, 7) is 2.70. The monoisotopic (exact) mass is 311 g/mol. The Balaban J connectivity index is 2.17. The molecule has 0 unspecified atom stereocenters. The normalized spacial score (nSPS) is 10.0. The van der Waals surface area contributed by atoms with Gasteiger partial charge in [-0.2, -0.15) is 0 Å². The van der Waals surface area contributed by atoms with E-state index in [0.29, 0.717) is 12.1 Å². The number of carbonyl (C=O) groups excluding carboxylic acids is 2. The Morgan fingerprint density at radius 1 is 1.04 bits per heavy atom. The first-order valence-corrected chi connectivity index (χ1v) is 7.57. The van der Waals surface area contributed by atoms with E-state index < -0.39 is 0 Å². The van der Waals surface area contributed by atoms with Crippen LogP contribution in [-0.4, -0.2) is 32.0 Å². The Hall–Kier alpha value is -2.82. The number of nitrogens with zero attached hydrogens (tertiary/aromatic N) is 1. The molecule has 0 saturated heterocycles. The maximum atomic E-state index is 12.7. The van der Waals surface area contributed by atoms with Crippen LogP contribution in [0.25, 0.3) is 0 Å². The van der Waals surface area contributed by atoms with Crippen LogP contribution in [0.15, 0.2) is 54.6 Å². The number of amides is 2. The van der Waals surface area contributed by atoms with Crippen molar-refractivity contribution in [1.82, 2.24) is 5.32 Å². The topological polar surface area (TPSA) is 61.4 Å². The lowest BCUT2D eigenvalue weighted by molar-refractivity contribution is -0.118. The fourth-order valence-electron chi connectivity index (χ4n) is 2.24. The van der Waals surface area contributed by atoms with Gasteiger partial charge in [-0.05, 0) is 37.3 Å². The molecule has 0 saturated carbocycles. The number of benzene rings is 2. The second-order valence-electron chi connectivity index (χ2n) is 4.99. The van der Waals surface area contributed by atoms with Crippen LogP contribution < -0.4 is 15.5 Å². The van der Waals surface area contributed by atoms with E-state index in [1.165, 1.54) is 0 Å². The first-order chi connectivity index (χ1) is 11.2. The van der Waals surface area contributed by atoms with Gasteiger partial charge in [-0.1, -0.05) is 24.3 Å². The molecule has 0 radical (unpaired) electrons. The maximum Gasteiger partial charge on any atom is 0.258 e. The molecule has 2 aromatic rings. The predicted octanol–water partition coefficient (Wildman–Crippen LogP) is 2.51. The summed E-state index contributed by atoms with van der Waals surface area (Å²) in [7, 11) is 1.59. The van der Waals surface area contributed by atoms with Crippen LogP contribution in [0.3, 0.4) is 0 Å². The lowest BCUT2D eigenvalue weighted by Gasteiger charge is -2.21. The smallest absolute Gasteiger partial charge is 0.258 e. The number of para-hydroxylation sites is 1. The van der Waals surface area contributed by atoms with Crippen molar-refractivity contribution in [2.45, 2.75) is 6.92 Å². The van der Waals surface area contributed by atoms with E-state index >= 15 is 0 Å². The van der Waals surface area contributed by atoms with Crippen LogP contribution in [0.1, 0.15) is 17.3 Å². The highest BCUT2D eigenvalue weighted by Gasteiger charge is 2.16. The Kier molecular flexibility index (Phi) is 5.74. The average Bonchev–Trinajstić information content (AvgIpc) is 2.61. The van der Waals surface area contributed by atoms with E-state index in [9.17, 15) is 9.59 Å². The highest BCUT2D eigenvalue weighted by molar-refractivity contribution is 6.06. The lowest BCUT2D eigenvalue weighted by Crippen LogP contribution is -2.30. The molecule has 2 aromatic carbocycles. The van der Waals surface area contributed by atoms with Crippen molar-refractivity contribution in [3.63, 3.8) is 0 Å². The minimum absolute atomic E-state index is 0.0673. The van der Waals surface area contributed by atoms with Crippen LogP contribution in [0.4, 0.5) is 11.4 Å². The van der Waals surface area contributed by atoms with Crippen LogP contribution in [0.5, 0.6) is 0 Å². The summed E-state index contributed by atoms with van der Waals surface area (Å²) in [5.74, 6) is -0.177. The zero-order valence-electron chi connectivity index (χ0n) is 13.4. The van der Waals surface area contributed by atoms with Crippen molar-refractivity contribution in [3.05, 3.63) is 60.2 Å². The molecule has 5 nitrogen and oxygen atoms in total. The third-order valence-electron chi connectivity index (χ3n) is 3.47. The summed E-state index contributed by atoms with van der Waals surface area (Å²) in [5, 5.41) is 5.55. The van der Waals surface area contributed by atoms with Crippen molar-refractivity contribution >= 4 is 23.2 Å². The molecule has 0 aliphatic heterocycles. The van der Waals surface area contributed by atoms with Gasteiger partial charge < -0.3 is 15.5 Å². The summed E-state index contributed by atoms with van der Waals surface area (Å²) >= 11 is 0. The first-order valence-electron chi connectivity index (χ1n) is 7.57. The van der Waals surface area contributed by atoms with E-state index in [2.05, 4.69) is 10.6 Å². The summed E-state index contributed by atoms with van der Waals surface area (Å²) in [5.41, 5.74) is 2.19. The molecule has 0 bridgehead atoms. The van der Waals surface area contributed by atoms with Gasteiger partial charge >= 0.3 is 0 Å². The Labute approximate surface area is 136 Å². The minimum Gasteiger partial charge on any atom is -0.376 e. The van der Waals surface area contributed by atoms with E-state index in [-0.39, 0.29) is 18.4 Å². The second kappa shape index (κ2) is 7.98. The van der Waals surface area contributed by atoms with Crippen LogP contribution in [0, 0.1) is 0 Å². The van der Waals surface area contributed by atoms with Gasteiger partial charge in [-0.15, -0.1) is 0 Å². The van der Waals surface area contributed by atoms with Crippen LogP contribution >= 0.6 is 0 Å². The number of carbonyl (C=O) groups is 2. The molecule has 0 aliphatic rings. The molecular formula is C18H21N3O2. The number of anilines is 2. The highest BCUT2D eigenvalue weighted by Crippen LogP contribution is 2.18. The second-order valence-corrected chi connectivity index (χ2v) is 4.99. The summed E-state index contributed by atoms with van der Waals surface area (Å²) in [4.78, 5) is 25.8. The Morgan fingerprint density at radius 2 is 1.78 bits per heavy atom. The summed E-state index contributed by atoms with van der Waals surface area (Å²) in [6.07, 6.45) is 0. The van der Waals surface area contributed by atoms with E-state index in [4.69, 9.17) is 0 Å². The zero-order chi connectivity index (χ0) is 16.7. The van der Waals surface area contributed by atoms with E-state index in [1.54, 1.807) is 30.1 Å². The van der Waals surface area contributed by atoms with Gasteiger partial charge in [-0.25, -0.2) is 0 Å². The molecule has 0 atom stereocenters. The number of likely N-dealkylation sites (N-methyl/N-ethyl adjacent to an activating group) is 1. The number of nitrogens with one attached hydrogen (secondary N) is 2. The molecule has 0 aromatic heterocycles. The molecule has 0 fully saturated rings. The molecule has 2 N–H and O–H groups in total. The molecule has 0 spiro atoms.